The molecule has 0 unspecified atom stereocenters. The van der Waals surface area contributed by atoms with E-state index in [9.17, 15) is 37.5 Å². The molecule has 0 bridgehead atoms. The number of aryl methyl sites for hydroxylation is 1. The number of nitrogens with zero attached hydrogens (tertiary/aromatic N) is 6. The largest absolute Gasteiger partial charge is 0.481 e. The van der Waals surface area contributed by atoms with E-state index in [1.54, 1.807) is 63.0 Å². The first-order chi connectivity index (χ1) is 28.0. The third-order valence-electron chi connectivity index (χ3n) is 9.12. The predicted molar refractivity (Wildman–Crippen MR) is 213 cm³/mol. The monoisotopic (exact) mass is 836 g/mol. The molecule has 59 heavy (non-hydrogen) atoms. The number of methoxy groups -OCH3 is 1. The number of pyridine rings is 1. The Kier molecular flexibility index (Phi) is 12.7. The van der Waals surface area contributed by atoms with Gasteiger partial charge in [-0.1, -0.05) is 29.8 Å². The molecule has 15 nitrogen and oxygen atoms in total. The zero-order valence-corrected chi connectivity index (χ0v) is 33.2. The number of benzene rings is 3. The second kappa shape index (κ2) is 17.7. The molecule has 0 saturated carbocycles. The maximum absolute atomic E-state index is 14.7. The standard InChI is InChI=1S/C40H40ClF3N8O7/c1-40(2,3)59-38(56)46-18-24-9-7-8-23-17-45-19-31(33(23)24)52-37(55)48-36(51(39(52)57)20-22-14-28(42)34(44)29(43)15-22)47-35-25(10-5-6-11-32(53)54)26-21-50(12-13-58-4)49-30(26)16-27(35)41/h7-9,14-17,19,21H,5-6,10-13,18,20H2,1-4H3,(H,46,56)(H,53,54)(H,47,48,55). The molecular formula is C40H40ClF3N8O7. The number of fused-ring (bicyclic) bond motifs is 2. The van der Waals surface area contributed by atoms with Crippen LogP contribution in [0.4, 0.5) is 29.6 Å². The van der Waals surface area contributed by atoms with Crippen LogP contribution in [0, 0.1) is 17.5 Å². The van der Waals surface area contributed by atoms with Gasteiger partial charge in [0.05, 0.1) is 47.8 Å². The van der Waals surface area contributed by atoms with Crippen molar-refractivity contribution in [3.05, 3.63) is 115 Å². The third-order valence-corrected chi connectivity index (χ3v) is 9.41. The summed E-state index contributed by atoms with van der Waals surface area (Å²) in [5.74, 6) is -6.09. The summed E-state index contributed by atoms with van der Waals surface area (Å²) < 4.78 is 57.1. The fourth-order valence-corrected chi connectivity index (χ4v) is 6.81. The first kappa shape index (κ1) is 42.3. The van der Waals surface area contributed by atoms with Crippen molar-refractivity contribution in [2.24, 2.45) is 0 Å². The van der Waals surface area contributed by atoms with Gasteiger partial charge in [-0.2, -0.15) is 10.1 Å². The molecule has 3 N–H and O–H groups in total. The lowest BCUT2D eigenvalue weighted by Crippen LogP contribution is -2.42. The highest BCUT2D eigenvalue weighted by molar-refractivity contribution is 6.34. The molecule has 0 saturated heterocycles. The number of nitrogens with one attached hydrogen (secondary N) is 2. The number of carboxylic acid groups (broad SMARTS) is 1. The minimum Gasteiger partial charge on any atom is -0.481 e. The second-order valence-corrected chi connectivity index (χ2v) is 15.0. The normalized spacial score (nSPS) is 11.7. The predicted octanol–water partition coefficient (Wildman–Crippen LogP) is 6.62. The van der Waals surface area contributed by atoms with Crippen molar-refractivity contribution < 1.29 is 37.3 Å². The zero-order valence-electron chi connectivity index (χ0n) is 32.4. The molecule has 0 atom stereocenters. The van der Waals surface area contributed by atoms with Gasteiger partial charge in [-0.05, 0) is 74.9 Å². The minimum atomic E-state index is -1.71. The molecule has 0 fully saturated rings. The molecule has 19 heteroatoms. The summed E-state index contributed by atoms with van der Waals surface area (Å²) in [6, 6.07) is 8.05. The van der Waals surface area contributed by atoms with Crippen molar-refractivity contribution in [3.8, 4) is 5.69 Å². The summed E-state index contributed by atoms with van der Waals surface area (Å²) in [7, 11) is 1.55. The number of hydrogen-bond donors (Lipinski definition) is 3. The van der Waals surface area contributed by atoms with Crippen molar-refractivity contribution in [1.82, 2.24) is 34.2 Å². The van der Waals surface area contributed by atoms with Gasteiger partial charge in [0.25, 0.3) is 0 Å². The van der Waals surface area contributed by atoms with Crippen LogP contribution in [-0.4, -0.2) is 65.4 Å². The number of unbranched alkanes of at least 4 members (excludes halogenated alkanes) is 1. The highest BCUT2D eigenvalue weighted by atomic mass is 35.5. The quantitative estimate of drug-likeness (QED) is 0.0746. The molecule has 0 radical (unpaired) electrons. The molecule has 0 aliphatic carbocycles. The number of aliphatic carboxylic acids is 1. The highest BCUT2D eigenvalue weighted by Gasteiger charge is 2.24. The lowest BCUT2D eigenvalue weighted by atomic mass is 10.0. The van der Waals surface area contributed by atoms with Crippen molar-refractivity contribution >= 4 is 57.0 Å². The van der Waals surface area contributed by atoms with Gasteiger partial charge >= 0.3 is 23.4 Å². The molecule has 3 aromatic carbocycles. The lowest BCUT2D eigenvalue weighted by Gasteiger charge is -2.20. The van der Waals surface area contributed by atoms with Gasteiger partial charge in [0.1, 0.15) is 5.60 Å². The van der Waals surface area contributed by atoms with Crippen molar-refractivity contribution in [3.63, 3.8) is 0 Å². The first-order valence-electron chi connectivity index (χ1n) is 18.4. The summed E-state index contributed by atoms with van der Waals surface area (Å²) in [4.78, 5) is 61.2. The van der Waals surface area contributed by atoms with Crippen molar-refractivity contribution in [2.75, 3.05) is 19.0 Å². The van der Waals surface area contributed by atoms with E-state index in [1.807, 2.05) is 0 Å². The first-order valence-corrected chi connectivity index (χ1v) is 18.8. The third kappa shape index (κ3) is 9.72. The Morgan fingerprint density at radius 1 is 1.03 bits per heavy atom. The van der Waals surface area contributed by atoms with Crippen LogP contribution >= 0.6 is 11.6 Å². The molecule has 6 aromatic rings. The van der Waals surface area contributed by atoms with Crippen molar-refractivity contribution in [1.29, 1.82) is 0 Å². The molecule has 0 aliphatic heterocycles. The number of halogens is 4. The summed E-state index contributed by atoms with van der Waals surface area (Å²) in [6.45, 7) is 5.18. The smallest absolute Gasteiger partial charge is 0.407 e. The van der Waals surface area contributed by atoms with E-state index in [2.05, 4.69) is 25.7 Å². The Morgan fingerprint density at radius 3 is 2.47 bits per heavy atom. The van der Waals surface area contributed by atoms with Crippen LogP contribution in [0.3, 0.4) is 0 Å². The van der Waals surface area contributed by atoms with Gasteiger partial charge in [-0.15, -0.1) is 0 Å². The Bertz CT molecular complexity index is 2670. The number of carboxylic acids is 1. The lowest BCUT2D eigenvalue weighted by molar-refractivity contribution is -0.137. The van der Waals surface area contributed by atoms with E-state index in [1.165, 1.54) is 12.4 Å². The number of carbonyl (C=O) groups excluding carboxylic acids is 1. The van der Waals surface area contributed by atoms with Gasteiger partial charge in [-0.25, -0.2) is 32.1 Å². The SMILES string of the molecule is COCCn1cc2c(CCCCC(=O)O)c(Nc3nc(=O)n(-c4cncc5cccc(CNC(=O)OC(C)(C)C)c45)c(=O)n3Cc3cc(F)c(F)c(F)c3)c(Cl)cc2n1. The minimum absolute atomic E-state index is 0.0228. The maximum atomic E-state index is 14.7. The molecule has 310 valence electrons. The number of hydrogen-bond acceptors (Lipinski definition) is 10. The van der Waals surface area contributed by atoms with Crippen LogP contribution in [0.1, 0.15) is 56.7 Å². The average Bonchev–Trinajstić information content (AvgIpc) is 3.57. The van der Waals surface area contributed by atoms with Gasteiger partial charge < -0.3 is 25.2 Å². The number of ether oxygens (including phenoxy) is 2. The fourth-order valence-electron chi connectivity index (χ4n) is 6.54. The number of aromatic nitrogens is 6. The molecule has 1 amide bonds. The van der Waals surface area contributed by atoms with Gasteiger partial charge in [0.15, 0.2) is 17.5 Å². The number of rotatable bonds is 15. The number of alkyl carbamates (subject to hydrolysis) is 1. The highest BCUT2D eigenvalue weighted by Crippen LogP contribution is 2.36. The summed E-state index contributed by atoms with van der Waals surface area (Å²) >= 11 is 6.87. The van der Waals surface area contributed by atoms with E-state index in [4.69, 9.17) is 21.1 Å². The molecule has 3 heterocycles. The molecule has 0 aliphatic rings. The second-order valence-electron chi connectivity index (χ2n) is 14.6. The molecular weight excluding hydrogens is 797 g/mol. The van der Waals surface area contributed by atoms with Gasteiger partial charge in [0.2, 0.25) is 5.95 Å². The fraction of sp³-hybridized carbons (Fsp3) is 0.325. The van der Waals surface area contributed by atoms with Crippen LogP contribution < -0.4 is 22.0 Å². The van der Waals surface area contributed by atoms with E-state index >= 15 is 0 Å². The van der Waals surface area contributed by atoms with Gasteiger partial charge in [0, 0.05) is 48.6 Å². The summed E-state index contributed by atoms with van der Waals surface area (Å²) in [5, 5.41) is 21.1. The van der Waals surface area contributed by atoms with Crippen LogP contribution in [0.25, 0.3) is 27.4 Å². The van der Waals surface area contributed by atoms with Gasteiger partial charge in [-0.3, -0.25) is 19.0 Å². The van der Waals surface area contributed by atoms with E-state index < -0.39 is 53.0 Å². The molecule has 0 spiro atoms. The van der Waals surface area contributed by atoms with E-state index in [0.717, 1.165) is 9.13 Å². The van der Waals surface area contributed by atoms with E-state index in [0.29, 0.717) is 70.9 Å². The summed E-state index contributed by atoms with van der Waals surface area (Å²) in [6.07, 6.45) is 4.71. The zero-order chi connectivity index (χ0) is 42.6. The number of amides is 1. The topological polar surface area (TPSA) is 184 Å². The number of anilines is 2. The Balaban J connectivity index is 1.53. The Morgan fingerprint density at radius 2 is 1.78 bits per heavy atom. The van der Waals surface area contributed by atoms with Crippen LogP contribution in [0.15, 0.2) is 64.6 Å². The summed E-state index contributed by atoms with van der Waals surface area (Å²) in [5.41, 5.74) is -1.36. The Hall–Kier alpha value is -6.27. The van der Waals surface area contributed by atoms with Crippen molar-refractivity contribution in [2.45, 2.75) is 71.7 Å². The van der Waals surface area contributed by atoms with Crippen LogP contribution in [0.5, 0.6) is 0 Å². The van der Waals surface area contributed by atoms with Crippen LogP contribution in [0.2, 0.25) is 5.02 Å². The average molecular weight is 837 g/mol. The van der Waals surface area contributed by atoms with Crippen LogP contribution in [-0.2, 0) is 40.3 Å². The molecule has 6 rings (SSSR count). The Labute approximate surface area is 339 Å². The maximum Gasteiger partial charge on any atom is 0.407 e. The van der Waals surface area contributed by atoms with E-state index in [-0.39, 0.29) is 47.3 Å². The number of carbonyl (C=O) groups is 2. The molecule has 3 aromatic heterocycles.